The minimum absolute atomic E-state index is 1.22. The summed E-state index contributed by atoms with van der Waals surface area (Å²) in [5.74, 6) is 0. The summed E-state index contributed by atoms with van der Waals surface area (Å²) in [6.07, 6.45) is 0. The van der Waals surface area contributed by atoms with Crippen LogP contribution in [0.25, 0.3) is 77.2 Å². The van der Waals surface area contributed by atoms with Crippen molar-refractivity contribution in [3.05, 3.63) is 182 Å². The van der Waals surface area contributed by atoms with Crippen LogP contribution < -0.4 is 0 Å². The first kappa shape index (κ1) is 25.9. The topological polar surface area (TPSA) is 0 Å². The van der Waals surface area contributed by atoms with E-state index in [1.165, 1.54) is 77.2 Å². The van der Waals surface area contributed by atoms with Gasteiger partial charge in [-0.05, 0) is 83.2 Å². The Morgan fingerprint density at radius 1 is 0.205 bits per heavy atom. The molecule has 8 aromatic rings. The average Bonchev–Trinajstić information content (AvgIpc) is 3.11. The molecule has 0 nitrogen and oxygen atoms in total. The fraction of sp³-hybridized carbons (Fsp3) is 0. The van der Waals surface area contributed by atoms with Gasteiger partial charge in [-0.15, -0.1) is 0 Å². The number of benzene rings is 8. The highest BCUT2D eigenvalue weighted by Gasteiger charge is 2.20. The Morgan fingerprint density at radius 2 is 0.545 bits per heavy atom. The summed E-state index contributed by atoms with van der Waals surface area (Å²) in [6.45, 7) is 0. The largest absolute Gasteiger partial charge is 0.0622 e. The lowest BCUT2D eigenvalue weighted by molar-refractivity contribution is 1.58. The van der Waals surface area contributed by atoms with Crippen LogP contribution in [0.1, 0.15) is 0 Å². The van der Waals surface area contributed by atoms with E-state index in [0.717, 1.165) is 0 Å². The Morgan fingerprint density at radius 3 is 1.05 bits per heavy atom. The molecule has 0 aliphatic heterocycles. The minimum Gasteiger partial charge on any atom is -0.0622 e. The molecule has 8 rings (SSSR count). The summed E-state index contributed by atoms with van der Waals surface area (Å²) in [5.41, 5.74) is 12.4. The highest BCUT2D eigenvalue weighted by Crippen LogP contribution is 2.47. The Hall–Kier alpha value is -5.72. The fourth-order valence-corrected chi connectivity index (χ4v) is 6.73. The van der Waals surface area contributed by atoms with Gasteiger partial charge in [0.1, 0.15) is 0 Å². The Kier molecular flexibility index (Phi) is 6.59. The highest BCUT2D eigenvalue weighted by molar-refractivity contribution is 6.23. The number of rotatable bonds is 5. The molecule has 44 heavy (non-hydrogen) atoms. The molecule has 0 bridgehead atoms. The van der Waals surface area contributed by atoms with Crippen LogP contribution in [0.4, 0.5) is 0 Å². The summed E-state index contributed by atoms with van der Waals surface area (Å²) >= 11 is 0. The second-order valence-electron chi connectivity index (χ2n) is 11.2. The first-order valence-electron chi connectivity index (χ1n) is 15.2. The lowest BCUT2D eigenvalue weighted by Gasteiger charge is -2.21. The van der Waals surface area contributed by atoms with Gasteiger partial charge in [-0.25, -0.2) is 0 Å². The van der Waals surface area contributed by atoms with Gasteiger partial charge in [-0.3, -0.25) is 0 Å². The third-order valence-electron chi connectivity index (χ3n) is 8.69. The molecule has 0 fully saturated rings. The van der Waals surface area contributed by atoms with Gasteiger partial charge < -0.3 is 0 Å². The SMILES string of the molecule is c1ccc(-c2cccc(-c3ccccc3-c3c4ccccc4c(-c4ccccc4-c4ccccc4)c4ccccc34)c2)cc1. The number of hydrogen-bond acceptors (Lipinski definition) is 0. The maximum atomic E-state index is 2.32. The van der Waals surface area contributed by atoms with Gasteiger partial charge in [-0.2, -0.15) is 0 Å². The van der Waals surface area contributed by atoms with Crippen molar-refractivity contribution in [2.45, 2.75) is 0 Å². The zero-order valence-electron chi connectivity index (χ0n) is 24.3. The molecular weight excluding hydrogens is 528 g/mol. The molecule has 0 aliphatic rings. The van der Waals surface area contributed by atoms with Gasteiger partial charge in [0.25, 0.3) is 0 Å². The normalized spacial score (nSPS) is 11.2. The minimum atomic E-state index is 1.22. The smallest absolute Gasteiger partial charge is 0.00201 e. The van der Waals surface area contributed by atoms with E-state index < -0.39 is 0 Å². The molecule has 0 aromatic heterocycles. The maximum absolute atomic E-state index is 2.32. The third kappa shape index (κ3) is 4.49. The molecule has 0 aliphatic carbocycles. The van der Waals surface area contributed by atoms with Crippen molar-refractivity contribution < 1.29 is 0 Å². The molecule has 0 amide bonds. The zero-order chi connectivity index (χ0) is 29.3. The van der Waals surface area contributed by atoms with E-state index in [4.69, 9.17) is 0 Å². The fourth-order valence-electron chi connectivity index (χ4n) is 6.73. The van der Waals surface area contributed by atoms with Crippen LogP contribution in [-0.4, -0.2) is 0 Å². The van der Waals surface area contributed by atoms with Crippen LogP contribution in [0, 0.1) is 0 Å². The molecule has 0 radical (unpaired) electrons. The predicted octanol–water partition coefficient (Wildman–Crippen LogP) is 12.3. The molecular formula is C44H30. The molecule has 0 saturated carbocycles. The van der Waals surface area contributed by atoms with Gasteiger partial charge in [0.2, 0.25) is 0 Å². The van der Waals surface area contributed by atoms with Crippen LogP contribution in [0.2, 0.25) is 0 Å². The van der Waals surface area contributed by atoms with Crippen molar-refractivity contribution in [2.24, 2.45) is 0 Å². The summed E-state index contributed by atoms with van der Waals surface area (Å²) in [7, 11) is 0. The molecule has 0 saturated heterocycles. The lowest BCUT2D eigenvalue weighted by Crippen LogP contribution is -1.94. The first-order valence-corrected chi connectivity index (χ1v) is 15.2. The third-order valence-corrected chi connectivity index (χ3v) is 8.69. The molecule has 0 atom stereocenters. The van der Waals surface area contributed by atoms with Crippen LogP contribution in [-0.2, 0) is 0 Å². The lowest BCUT2D eigenvalue weighted by atomic mass is 9.82. The van der Waals surface area contributed by atoms with E-state index in [9.17, 15) is 0 Å². The van der Waals surface area contributed by atoms with E-state index in [1.807, 2.05) is 0 Å². The quantitative estimate of drug-likeness (QED) is 0.184. The van der Waals surface area contributed by atoms with Crippen LogP contribution in [0.3, 0.4) is 0 Å². The van der Waals surface area contributed by atoms with Crippen LogP contribution >= 0.6 is 0 Å². The van der Waals surface area contributed by atoms with Gasteiger partial charge in [0.15, 0.2) is 0 Å². The molecule has 0 spiro atoms. The second-order valence-corrected chi connectivity index (χ2v) is 11.2. The maximum Gasteiger partial charge on any atom is -0.00201 e. The van der Waals surface area contributed by atoms with Gasteiger partial charge in [-0.1, -0.05) is 176 Å². The average molecular weight is 559 g/mol. The van der Waals surface area contributed by atoms with Crippen molar-refractivity contribution in [1.29, 1.82) is 0 Å². The van der Waals surface area contributed by atoms with Gasteiger partial charge >= 0.3 is 0 Å². The van der Waals surface area contributed by atoms with Crippen molar-refractivity contribution >= 4 is 21.5 Å². The van der Waals surface area contributed by atoms with E-state index in [2.05, 4.69) is 182 Å². The molecule has 0 unspecified atom stereocenters. The highest BCUT2D eigenvalue weighted by atomic mass is 14.2. The summed E-state index contributed by atoms with van der Waals surface area (Å²) in [4.78, 5) is 0. The Balaban J connectivity index is 1.42. The summed E-state index contributed by atoms with van der Waals surface area (Å²) < 4.78 is 0. The van der Waals surface area contributed by atoms with Crippen molar-refractivity contribution in [2.75, 3.05) is 0 Å². The standard InChI is InChI=1S/C44H30/c1-3-16-31(17-4-1)33-20-15-21-34(30-33)36-23-8-10-25-38(36)44-41-28-13-11-26-39(41)43(40-27-12-14-29-42(40)44)37-24-9-7-22-35(37)32-18-5-2-6-19-32/h1-30H. The second kappa shape index (κ2) is 11.2. The summed E-state index contributed by atoms with van der Waals surface area (Å²) in [6, 6.07) is 65.9. The van der Waals surface area contributed by atoms with Crippen molar-refractivity contribution in [3.63, 3.8) is 0 Å². The number of hydrogen-bond donors (Lipinski definition) is 0. The first-order chi connectivity index (χ1) is 21.9. The molecule has 0 heterocycles. The summed E-state index contributed by atoms with van der Waals surface area (Å²) in [5, 5.41) is 5.04. The Bertz CT molecular complexity index is 2200. The van der Waals surface area contributed by atoms with E-state index in [0.29, 0.717) is 0 Å². The molecule has 206 valence electrons. The molecule has 0 N–H and O–H groups in total. The monoisotopic (exact) mass is 558 g/mol. The van der Waals surface area contributed by atoms with Gasteiger partial charge in [0, 0.05) is 0 Å². The van der Waals surface area contributed by atoms with Crippen molar-refractivity contribution in [1.82, 2.24) is 0 Å². The van der Waals surface area contributed by atoms with Gasteiger partial charge in [0.05, 0.1) is 0 Å². The van der Waals surface area contributed by atoms with Crippen LogP contribution in [0.15, 0.2) is 182 Å². The van der Waals surface area contributed by atoms with Crippen LogP contribution in [0.5, 0.6) is 0 Å². The zero-order valence-corrected chi connectivity index (χ0v) is 24.3. The van der Waals surface area contributed by atoms with E-state index in [-0.39, 0.29) is 0 Å². The van der Waals surface area contributed by atoms with E-state index >= 15 is 0 Å². The number of fused-ring (bicyclic) bond motifs is 2. The molecule has 0 heteroatoms. The Labute approximate surface area is 258 Å². The van der Waals surface area contributed by atoms with E-state index in [1.54, 1.807) is 0 Å². The van der Waals surface area contributed by atoms with Crippen molar-refractivity contribution in [3.8, 4) is 55.6 Å². The molecule has 8 aromatic carbocycles. The predicted molar refractivity (Wildman–Crippen MR) is 189 cm³/mol.